The number of hydrogen-bond donors (Lipinski definition) is 1. The third kappa shape index (κ3) is 1.35. The summed E-state index contributed by atoms with van der Waals surface area (Å²) in [6.07, 6.45) is 0. The lowest BCUT2D eigenvalue weighted by Crippen LogP contribution is -2.21. The van der Waals surface area contributed by atoms with Crippen LogP contribution in [0.2, 0.25) is 5.02 Å². The molecule has 0 bridgehead atoms. The Balaban J connectivity index is 2.33. The van der Waals surface area contributed by atoms with Crippen LogP contribution in [0.3, 0.4) is 0 Å². The van der Waals surface area contributed by atoms with Crippen molar-refractivity contribution in [3.63, 3.8) is 0 Å². The van der Waals surface area contributed by atoms with Gasteiger partial charge in [-0.3, -0.25) is 0 Å². The van der Waals surface area contributed by atoms with Crippen molar-refractivity contribution >= 4 is 28.7 Å². The molecule has 1 aromatic rings. The van der Waals surface area contributed by atoms with E-state index in [0.717, 1.165) is 23.8 Å². The van der Waals surface area contributed by atoms with Gasteiger partial charge >= 0.3 is 0 Å². The predicted octanol–water partition coefficient (Wildman–Crippen LogP) is 3.24. The van der Waals surface area contributed by atoms with Crippen LogP contribution in [0.4, 0.5) is 17.1 Å². The number of anilines is 3. The number of benzene rings is 1. The second kappa shape index (κ2) is 3.11. The lowest BCUT2D eigenvalue weighted by molar-refractivity contribution is 0.870. The summed E-state index contributed by atoms with van der Waals surface area (Å²) in [6, 6.07) is 4.03. The quantitative estimate of drug-likeness (QED) is 0.763. The van der Waals surface area contributed by atoms with Crippen molar-refractivity contribution in [2.45, 2.75) is 13.8 Å². The lowest BCUT2D eigenvalue weighted by Gasteiger charge is -2.20. The Morgan fingerprint density at radius 3 is 2.54 bits per heavy atom. The summed E-state index contributed by atoms with van der Waals surface area (Å²) in [5, 5.41) is 4.03. The number of halogens is 1. The highest BCUT2D eigenvalue weighted by Gasteiger charge is 2.25. The predicted molar refractivity (Wildman–Crippen MR) is 58.3 cm³/mol. The summed E-state index contributed by atoms with van der Waals surface area (Å²) in [6.45, 7) is 6.39. The van der Waals surface area contributed by atoms with Gasteiger partial charge in [-0.05, 0) is 26.0 Å². The van der Waals surface area contributed by atoms with Crippen LogP contribution in [0.5, 0.6) is 0 Å². The minimum atomic E-state index is 0.825. The van der Waals surface area contributed by atoms with E-state index in [2.05, 4.69) is 30.1 Å². The Bertz CT molecular complexity index is 332. The van der Waals surface area contributed by atoms with Crippen molar-refractivity contribution in [2.75, 3.05) is 23.3 Å². The molecular formula is C10H13ClN2. The highest BCUT2D eigenvalue weighted by molar-refractivity contribution is 6.36. The Morgan fingerprint density at radius 2 is 1.92 bits per heavy atom. The van der Waals surface area contributed by atoms with Crippen molar-refractivity contribution in [2.24, 2.45) is 0 Å². The Kier molecular flexibility index (Phi) is 2.08. The normalized spacial score (nSPS) is 11.9. The molecule has 70 valence electrons. The van der Waals surface area contributed by atoms with Gasteiger partial charge in [0.05, 0.1) is 22.1 Å². The molecule has 0 aromatic heterocycles. The molecule has 1 aliphatic rings. The van der Waals surface area contributed by atoms with Crippen molar-refractivity contribution in [3.8, 4) is 0 Å². The van der Waals surface area contributed by atoms with E-state index in [0.29, 0.717) is 0 Å². The van der Waals surface area contributed by atoms with Crippen LogP contribution in [0.25, 0.3) is 0 Å². The van der Waals surface area contributed by atoms with Crippen LogP contribution in [-0.2, 0) is 0 Å². The first-order chi connectivity index (χ1) is 6.27. The Labute approximate surface area is 83.5 Å². The third-order valence-electron chi connectivity index (χ3n) is 2.42. The number of fused-ring (bicyclic) bond motifs is 1. The standard InChI is InChI=1S/C10H13ClN2/c1-3-13(4-2)8-6-5-7(11)9-10(8)12-9/h5-6,12H,3-4H2,1-2H3. The number of rotatable bonds is 3. The van der Waals surface area contributed by atoms with Crippen molar-refractivity contribution in [1.82, 2.24) is 0 Å². The topological polar surface area (TPSA) is 25.2 Å². The first kappa shape index (κ1) is 8.70. The fourth-order valence-corrected chi connectivity index (χ4v) is 1.82. The number of hydrogen-bond acceptors (Lipinski definition) is 2. The maximum absolute atomic E-state index is 5.94. The van der Waals surface area contributed by atoms with Crippen LogP contribution < -0.4 is 10.2 Å². The molecule has 0 spiro atoms. The third-order valence-corrected chi connectivity index (χ3v) is 2.74. The fourth-order valence-electron chi connectivity index (χ4n) is 1.61. The molecule has 0 atom stereocenters. The van der Waals surface area contributed by atoms with Gasteiger partial charge in [0.25, 0.3) is 0 Å². The fraction of sp³-hybridized carbons (Fsp3) is 0.400. The van der Waals surface area contributed by atoms with E-state index in [1.54, 1.807) is 0 Å². The largest absolute Gasteiger partial charge is 0.370 e. The highest BCUT2D eigenvalue weighted by atomic mass is 35.5. The molecule has 0 saturated heterocycles. The van der Waals surface area contributed by atoms with Gasteiger partial charge < -0.3 is 10.2 Å². The van der Waals surface area contributed by atoms with Crippen LogP contribution >= 0.6 is 11.6 Å². The Hall–Kier alpha value is -0.890. The van der Waals surface area contributed by atoms with Gasteiger partial charge in [0.1, 0.15) is 0 Å². The second-order valence-electron chi connectivity index (χ2n) is 3.11. The van der Waals surface area contributed by atoms with Gasteiger partial charge in [-0.2, -0.15) is 0 Å². The summed E-state index contributed by atoms with van der Waals surface area (Å²) in [4.78, 5) is 2.31. The average molecular weight is 197 g/mol. The summed E-state index contributed by atoms with van der Waals surface area (Å²) in [7, 11) is 0. The molecule has 0 unspecified atom stereocenters. The molecule has 2 rings (SSSR count). The molecule has 0 saturated carbocycles. The molecule has 0 aliphatic carbocycles. The average Bonchev–Trinajstić information content (AvgIpc) is 2.91. The van der Waals surface area contributed by atoms with E-state index in [9.17, 15) is 0 Å². The minimum absolute atomic E-state index is 0.825. The van der Waals surface area contributed by atoms with E-state index in [-0.39, 0.29) is 0 Å². The first-order valence-corrected chi connectivity index (χ1v) is 5.00. The zero-order valence-corrected chi connectivity index (χ0v) is 8.65. The molecule has 1 heterocycles. The van der Waals surface area contributed by atoms with Crippen LogP contribution in [0, 0.1) is 0 Å². The molecule has 3 heteroatoms. The van der Waals surface area contributed by atoms with Gasteiger partial charge in [0, 0.05) is 13.1 Å². The zero-order chi connectivity index (χ0) is 9.42. The zero-order valence-electron chi connectivity index (χ0n) is 7.89. The number of nitrogens with zero attached hydrogens (tertiary/aromatic N) is 1. The van der Waals surface area contributed by atoms with E-state index in [1.807, 2.05) is 6.07 Å². The van der Waals surface area contributed by atoms with E-state index in [4.69, 9.17) is 11.6 Å². The van der Waals surface area contributed by atoms with Crippen LogP contribution in [-0.4, -0.2) is 13.1 Å². The number of nitrogens with one attached hydrogen (secondary N) is 1. The molecule has 13 heavy (non-hydrogen) atoms. The molecule has 0 fully saturated rings. The highest BCUT2D eigenvalue weighted by Crippen LogP contribution is 2.51. The monoisotopic (exact) mass is 196 g/mol. The summed E-state index contributed by atoms with van der Waals surface area (Å²) in [5.41, 5.74) is 3.58. The lowest BCUT2D eigenvalue weighted by atomic mass is 10.3. The summed E-state index contributed by atoms with van der Waals surface area (Å²) < 4.78 is 0. The molecular weight excluding hydrogens is 184 g/mol. The van der Waals surface area contributed by atoms with Crippen LogP contribution in [0.1, 0.15) is 13.8 Å². The van der Waals surface area contributed by atoms with E-state index >= 15 is 0 Å². The smallest absolute Gasteiger partial charge is 0.0877 e. The van der Waals surface area contributed by atoms with Gasteiger partial charge in [0.2, 0.25) is 0 Å². The van der Waals surface area contributed by atoms with Crippen molar-refractivity contribution < 1.29 is 0 Å². The van der Waals surface area contributed by atoms with Gasteiger partial charge in [0.15, 0.2) is 0 Å². The molecule has 0 amide bonds. The van der Waals surface area contributed by atoms with Crippen molar-refractivity contribution in [3.05, 3.63) is 17.2 Å². The molecule has 1 N–H and O–H groups in total. The van der Waals surface area contributed by atoms with Crippen molar-refractivity contribution in [1.29, 1.82) is 0 Å². The molecule has 0 radical (unpaired) electrons. The summed E-state index contributed by atoms with van der Waals surface area (Å²) in [5.74, 6) is 0. The van der Waals surface area contributed by atoms with E-state index < -0.39 is 0 Å². The van der Waals surface area contributed by atoms with E-state index in [1.165, 1.54) is 11.4 Å². The second-order valence-corrected chi connectivity index (χ2v) is 3.52. The molecule has 1 aromatic carbocycles. The Morgan fingerprint density at radius 1 is 1.23 bits per heavy atom. The van der Waals surface area contributed by atoms with Gasteiger partial charge in [-0.25, -0.2) is 0 Å². The maximum atomic E-state index is 5.94. The SMILES string of the molecule is CCN(CC)c1ccc(Cl)c2c1N2. The molecule has 1 aliphatic heterocycles. The van der Waals surface area contributed by atoms with Gasteiger partial charge in [-0.1, -0.05) is 11.6 Å². The van der Waals surface area contributed by atoms with Crippen LogP contribution in [0.15, 0.2) is 12.1 Å². The first-order valence-electron chi connectivity index (χ1n) is 4.62. The maximum Gasteiger partial charge on any atom is 0.0877 e. The minimum Gasteiger partial charge on any atom is -0.370 e. The van der Waals surface area contributed by atoms with Gasteiger partial charge in [-0.15, -0.1) is 0 Å². The molecule has 2 nitrogen and oxygen atoms in total. The summed E-state index contributed by atoms with van der Waals surface area (Å²) >= 11 is 5.94.